The Morgan fingerprint density at radius 3 is 2.62 bits per heavy atom. The fourth-order valence-corrected chi connectivity index (χ4v) is 4.66. The summed E-state index contributed by atoms with van der Waals surface area (Å²) in [6.07, 6.45) is 11.7. The van der Waals surface area contributed by atoms with Crippen molar-refractivity contribution in [2.24, 2.45) is 5.92 Å². The van der Waals surface area contributed by atoms with Gasteiger partial charge in [-0.2, -0.15) is 0 Å². The Balaban J connectivity index is 1.32. The second kappa shape index (κ2) is 7.00. The van der Waals surface area contributed by atoms with Gasteiger partial charge >= 0.3 is 0 Å². The summed E-state index contributed by atoms with van der Waals surface area (Å²) in [6, 6.07) is 8.54. The highest BCUT2D eigenvalue weighted by atomic mass is 16.2. The van der Waals surface area contributed by atoms with Crippen LogP contribution in [0.2, 0.25) is 0 Å². The highest BCUT2D eigenvalue weighted by Crippen LogP contribution is 2.34. The Labute approximate surface area is 144 Å². The topological polar surface area (TPSA) is 36.1 Å². The van der Waals surface area contributed by atoms with Gasteiger partial charge in [-0.1, -0.05) is 43.9 Å². The maximum Gasteiger partial charge on any atom is 0.222 e. The number of aromatic amines is 1. The number of piperidine rings is 1. The standard InChI is InChI=1S/C21H28N2O/c24-21(10-9-16-5-1-2-6-16)23-13-11-17(12-14-23)19-15-22-20-8-4-3-7-18(19)20/h3-4,7-8,15-17,22H,1-2,5-6,9-14H2. The molecule has 1 saturated carbocycles. The van der Waals surface area contributed by atoms with Crippen molar-refractivity contribution in [3.05, 3.63) is 36.0 Å². The maximum atomic E-state index is 12.5. The first-order valence-corrected chi connectivity index (χ1v) is 9.65. The van der Waals surface area contributed by atoms with Crippen LogP contribution in [0.25, 0.3) is 10.9 Å². The van der Waals surface area contributed by atoms with E-state index in [0.29, 0.717) is 11.8 Å². The molecule has 1 aliphatic heterocycles. The van der Waals surface area contributed by atoms with Crippen LogP contribution in [0, 0.1) is 5.92 Å². The molecular weight excluding hydrogens is 296 g/mol. The lowest BCUT2D eigenvalue weighted by molar-refractivity contribution is -0.132. The first-order chi connectivity index (χ1) is 11.8. The minimum atomic E-state index is 0.388. The fraction of sp³-hybridized carbons (Fsp3) is 0.571. The molecule has 0 atom stereocenters. The minimum Gasteiger partial charge on any atom is -0.361 e. The third-order valence-electron chi connectivity index (χ3n) is 6.15. The number of rotatable bonds is 4. The van der Waals surface area contributed by atoms with E-state index in [1.165, 1.54) is 42.1 Å². The van der Waals surface area contributed by atoms with Crippen LogP contribution >= 0.6 is 0 Å². The highest BCUT2D eigenvalue weighted by molar-refractivity contribution is 5.83. The number of nitrogens with zero attached hydrogens (tertiary/aromatic N) is 1. The molecule has 3 nitrogen and oxygen atoms in total. The van der Waals surface area contributed by atoms with Crippen LogP contribution in [0.3, 0.4) is 0 Å². The Kier molecular flexibility index (Phi) is 4.59. The normalized spacial score (nSPS) is 20.1. The van der Waals surface area contributed by atoms with Gasteiger partial charge in [0.2, 0.25) is 5.91 Å². The molecule has 1 N–H and O–H groups in total. The van der Waals surface area contributed by atoms with Gasteiger partial charge in [0.25, 0.3) is 0 Å². The molecule has 2 aromatic rings. The van der Waals surface area contributed by atoms with E-state index in [0.717, 1.165) is 44.7 Å². The molecule has 2 aliphatic rings. The highest BCUT2D eigenvalue weighted by Gasteiger charge is 2.26. The molecule has 1 aliphatic carbocycles. The Morgan fingerprint density at radius 1 is 1.08 bits per heavy atom. The lowest BCUT2D eigenvalue weighted by atomic mass is 9.89. The first kappa shape index (κ1) is 15.7. The van der Waals surface area contributed by atoms with E-state index in [9.17, 15) is 4.79 Å². The lowest BCUT2D eigenvalue weighted by Gasteiger charge is -2.32. The van der Waals surface area contributed by atoms with Crippen LogP contribution in [-0.4, -0.2) is 28.9 Å². The van der Waals surface area contributed by atoms with Crippen LogP contribution in [0.4, 0.5) is 0 Å². The summed E-state index contributed by atoms with van der Waals surface area (Å²) in [5.41, 5.74) is 2.66. The van der Waals surface area contributed by atoms with Crippen LogP contribution < -0.4 is 0 Å². The molecule has 128 valence electrons. The van der Waals surface area contributed by atoms with Gasteiger partial charge in [0.15, 0.2) is 0 Å². The van der Waals surface area contributed by atoms with Gasteiger partial charge in [0, 0.05) is 36.6 Å². The van der Waals surface area contributed by atoms with E-state index in [-0.39, 0.29) is 0 Å². The number of fused-ring (bicyclic) bond motifs is 1. The lowest BCUT2D eigenvalue weighted by Crippen LogP contribution is -2.37. The molecule has 3 heteroatoms. The van der Waals surface area contributed by atoms with Gasteiger partial charge in [-0.05, 0) is 42.7 Å². The van der Waals surface area contributed by atoms with Crippen molar-refractivity contribution in [1.29, 1.82) is 0 Å². The van der Waals surface area contributed by atoms with Crippen molar-refractivity contribution < 1.29 is 4.79 Å². The maximum absolute atomic E-state index is 12.5. The van der Waals surface area contributed by atoms with E-state index in [1.54, 1.807) is 0 Å². The predicted molar refractivity (Wildman–Crippen MR) is 98.0 cm³/mol. The molecule has 2 heterocycles. The zero-order valence-electron chi connectivity index (χ0n) is 14.5. The number of hydrogen-bond acceptors (Lipinski definition) is 1. The van der Waals surface area contributed by atoms with Gasteiger partial charge in [-0.3, -0.25) is 4.79 Å². The summed E-state index contributed by atoms with van der Waals surface area (Å²) in [6.45, 7) is 1.85. The number of benzene rings is 1. The zero-order chi connectivity index (χ0) is 16.4. The van der Waals surface area contributed by atoms with Crippen LogP contribution in [-0.2, 0) is 4.79 Å². The number of H-pyrrole nitrogens is 1. The molecule has 1 saturated heterocycles. The quantitative estimate of drug-likeness (QED) is 0.858. The predicted octanol–water partition coefficient (Wildman–Crippen LogP) is 4.84. The summed E-state index contributed by atoms with van der Waals surface area (Å²) >= 11 is 0. The van der Waals surface area contributed by atoms with Crippen molar-refractivity contribution >= 4 is 16.8 Å². The van der Waals surface area contributed by atoms with Crippen molar-refractivity contribution in [3.63, 3.8) is 0 Å². The fourth-order valence-electron chi connectivity index (χ4n) is 4.66. The molecule has 0 radical (unpaired) electrons. The average molecular weight is 324 g/mol. The van der Waals surface area contributed by atoms with Crippen molar-refractivity contribution in [1.82, 2.24) is 9.88 Å². The number of hydrogen-bond donors (Lipinski definition) is 1. The number of nitrogens with one attached hydrogen (secondary N) is 1. The van der Waals surface area contributed by atoms with Gasteiger partial charge in [0.05, 0.1) is 0 Å². The van der Waals surface area contributed by atoms with Crippen molar-refractivity contribution in [3.8, 4) is 0 Å². The summed E-state index contributed by atoms with van der Waals surface area (Å²) in [4.78, 5) is 18.0. The summed E-state index contributed by atoms with van der Waals surface area (Å²) in [5.74, 6) is 1.79. The van der Waals surface area contributed by atoms with Gasteiger partial charge < -0.3 is 9.88 Å². The number of carbonyl (C=O) groups excluding carboxylic acids is 1. The number of para-hydroxylation sites is 1. The van der Waals surface area contributed by atoms with Crippen LogP contribution in [0.5, 0.6) is 0 Å². The second-order valence-electron chi connectivity index (χ2n) is 7.63. The number of amides is 1. The van der Waals surface area contributed by atoms with E-state index < -0.39 is 0 Å². The molecule has 4 rings (SSSR count). The van der Waals surface area contributed by atoms with Crippen LogP contribution in [0.1, 0.15) is 62.8 Å². The Bertz CT molecular complexity index is 691. The molecule has 0 spiro atoms. The molecule has 0 unspecified atom stereocenters. The Morgan fingerprint density at radius 2 is 1.83 bits per heavy atom. The van der Waals surface area contributed by atoms with Gasteiger partial charge in [-0.25, -0.2) is 0 Å². The van der Waals surface area contributed by atoms with Crippen molar-refractivity contribution in [2.75, 3.05) is 13.1 Å². The largest absolute Gasteiger partial charge is 0.361 e. The van der Waals surface area contributed by atoms with E-state index in [2.05, 4.69) is 40.3 Å². The third kappa shape index (κ3) is 3.22. The molecule has 1 aromatic heterocycles. The molecule has 2 fully saturated rings. The molecule has 0 bridgehead atoms. The summed E-state index contributed by atoms with van der Waals surface area (Å²) in [5, 5.41) is 1.35. The molecular formula is C21H28N2O. The van der Waals surface area contributed by atoms with Gasteiger partial charge in [0.1, 0.15) is 0 Å². The SMILES string of the molecule is O=C(CCC1CCCC1)N1CCC(c2c[nH]c3ccccc23)CC1. The Hall–Kier alpha value is -1.77. The first-order valence-electron chi connectivity index (χ1n) is 9.65. The number of carbonyl (C=O) groups is 1. The van der Waals surface area contributed by atoms with Crippen LogP contribution in [0.15, 0.2) is 30.5 Å². The molecule has 1 aromatic carbocycles. The summed E-state index contributed by atoms with van der Waals surface area (Å²) < 4.78 is 0. The van der Waals surface area contributed by atoms with E-state index >= 15 is 0 Å². The minimum absolute atomic E-state index is 0.388. The second-order valence-corrected chi connectivity index (χ2v) is 7.63. The smallest absolute Gasteiger partial charge is 0.222 e. The number of aromatic nitrogens is 1. The van der Waals surface area contributed by atoms with E-state index in [1.807, 2.05) is 0 Å². The monoisotopic (exact) mass is 324 g/mol. The zero-order valence-corrected chi connectivity index (χ0v) is 14.5. The summed E-state index contributed by atoms with van der Waals surface area (Å²) in [7, 11) is 0. The molecule has 1 amide bonds. The average Bonchev–Trinajstić information content (AvgIpc) is 3.29. The third-order valence-corrected chi connectivity index (χ3v) is 6.15. The van der Waals surface area contributed by atoms with Gasteiger partial charge in [-0.15, -0.1) is 0 Å². The number of likely N-dealkylation sites (tertiary alicyclic amines) is 1. The van der Waals surface area contributed by atoms with E-state index in [4.69, 9.17) is 0 Å². The van der Waals surface area contributed by atoms with Crippen molar-refractivity contribution in [2.45, 2.75) is 57.3 Å². The molecule has 24 heavy (non-hydrogen) atoms.